The lowest BCUT2D eigenvalue weighted by Gasteiger charge is -2.47. The van der Waals surface area contributed by atoms with Crippen LogP contribution in [0.3, 0.4) is 0 Å². The number of ether oxygens (including phenoxy) is 1. The van der Waals surface area contributed by atoms with Gasteiger partial charge in [0.05, 0.1) is 29.0 Å². The fourth-order valence-electron chi connectivity index (χ4n) is 4.58. The molecule has 0 aliphatic carbocycles. The second kappa shape index (κ2) is 8.89. The molecule has 8 heteroatoms. The van der Waals surface area contributed by atoms with Gasteiger partial charge in [0, 0.05) is 56.2 Å². The van der Waals surface area contributed by atoms with E-state index in [1.54, 1.807) is 42.7 Å². The molecule has 2 aliphatic rings. The van der Waals surface area contributed by atoms with Gasteiger partial charge >= 0.3 is 0 Å². The minimum atomic E-state index is -0.174. The number of benzene rings is 1. The van der Waals surface area contributed by atoms with Crippen molar-refractivity contribution >= 4 is 29.2 Å². The zero-order valence-electron chi connectivity index (χ0n) is 17.3. The van der Waals surface area contributed by atoms with Crippen molar-refractivity contribution in [2.75, 3.05) is 38.2 Å². The second-order valence-corrected chi connectivity index (χ2v) is 10.2. The molecular weight excluding hydrogens is 407 g/mol. The van der Waals surface area contributed by atoms with Gasteiger partial charge in [0.2, 0.25) is 0 Å². The summed E-state index contributed by atoms with van der Waals surface area (Å²) in [6, 6.07) is 7.45. The van der Waals surface area contributed by atoms with Crippen LogP contribution >= 0.6 is 23.5 Å². The Kier molecular flexibility index (Phi) is 6.46. The van der Waals surface area contributed by atoms with Gasteiger partial charge in [0.25, 0.3) is 0 Å². The number of halogens is 1. The predicted molar refractivity (Wildman–Crippen MR) is 119 cm³/mol. The van der Waals surface area contributed by atoms with Crippen LogP contribution in [-0.2, 0) is 17.7 Å². The lowest BCUT2D eigenvalue weighted by Crippen LogP contribution is -2.56. The minimum absolute atomic E-state index is 0.0374. The zero-order chi connectivity index (χ0) is 20.4. The van der Waals surface area contributed by atoms with Crippen molar-refractivity contribution in [2.24, 2.45) is 0 Å². The van der Waals surface area contributed by atoms with Gasteiger partial charge in [-0.15, -0.1) is 11.3 Å². The Morgan fingerprint density at radius 1 is 1.38 bits per heavy atom. The van der Waals surface area contributed by atoms with Crippen LogP contribution in [0, 0.1) is 5.82 Å². The number of likely N-dealkylation sites (N-methyl/N-ethyl adjacent to an activating group) is 1. The molecule has 4 rings (SSSR count). The van der Waals surface area contributed by atoms with E-state index < -0.39 is 0 Å². The van der Waals surface area contributed by atoms with E-state index in [1.165, 1.54) is 16.6 Å². The first-order valence-corrected chi connectivity index (χ1v) is 11.7. The van der Waals surface area contributed by atoms with E-state index in [0.717, 1.165) is 44.6 Å². The summed E-state index contributed by atoms with van der Waals surface area (Å²) in [4.78, 5) is 8.47. The normalized spacial score (nSPS) is 25.9. The molecule has 2 fully saturated rings. The number of rotatable bonds is 6. The van der Waals surface area contributed by atoms with Crippen LogP contribution < -0.4 is 4.31 Å². The molecule has 2 saturated heterocycles. The molecule has 5 nitrogen and oxygen atoms in total. The summed E-state index contributed by atoms with van der Waals surface area (Å²) in [5.74, 6) is -0.174. The van der Waals surface area contributed by atoms with Gasteiger partial charge < -0.3 is 4.74 Å². The van der Waals surface area contributed by atoms with E-state index >= 15 is 0 Å². The zero-order valence-corrected chi connectivity index (χ0v) is 18.9. The fourth-order valence-corrected chi connectivity index (χ4v) is 6.60. The van der Waals surface area contributed by atoms with Crippen molar-refractivity contribution in [1.82, 2.24) is 14.2 Å². The Morgan fingerprint density at radius 3 is 3.00 bits per heavy atom. The summed E-state index contributed by atoms with van der Waals surface area (Å²) in [5.41, 5.74) is 4.12. The largest absolute Gasteiger partial charge is 0.384 e. The number of aromatic nitrogens is 1. The van der Waals surface area contributed by atoms with Gasteiger partial charge in [0.1, 0.15) is 5.82 Å². The van der Waals surface area contributed by atoms with Crippen molar-refractivity contribution in [3.8, 4) is 0 Å². The molecule has 1 aromatic heterocycles. The number of hydrogen-bond donors (Lipinski definition) is 0. The van der Waals surface area contributed by atoms with Crippen molar-refractivity contribution in [3.05, 3.63) is 46.2 Å². The predicted octanol–water partition coefficient (Wildman–Crippen LogP) is 4.21. The standard InChI is InChI=1S/C21H29FN4OS2/c1-16-12-21(14-24(2)29-26(21)18-6-4-5-17(22)11-18)8-9-25(16)13-20-19(7-10-27-3)23-15-28-20/h4-6,11,15-16H,7-10,12-14H2,1-3H3/t16-,21+/m0/s1. The lowest BCUT2D eigenvalue weighted by molar-refractivity contribution is 0.101. The maximum Gasteiger partial charge on any atom is 0.125 e. The molecule has 29 heavy (non-hydrogen) atoms. The molecule has 2 aromatic rings. The molecule has 1 aromatic carbocycles. The summed E-state index contributed by atoms with van der Waals surface area (Å²) < 4.78 is 23.7. The summed E-state index contributed by atoms with van der Waals surface area (Å²) in [7, 11) is 3.86. The van der Waals surface area contributed by atoms with E-state index in [2.05, 4.69) is 32.5 Å². The van der Waals surface area contributed by atoms with Gasteiger partial charge in [-0.1, -0.05) is 6.07 Å². The topological polar surface area (TPSA) is 31.8 Å². The Bertz CT molecular complexity index is 835. The molecule has 1 spiro atoms. The average Bonchev–Trinajstić information content (AvgIpc) is 3.26. The minimum Gasteiger partial charge on any atom is -0.384 e. The van der Waals surface area contributed by atoms with E-state index in [4.69, 9.17) is 4.74 Å². The Hall–Kier alpha value is -1.19. The van der Waals surface area contributed by atoms with E-state index in [0.29, 0.717) is 12.6 Å². The van der Waals surface area contributed by atoms with Gasteiger partial charge in [0.15, 0.2) is 0 Å². The number of likely N-dealkylation sites (tertiary alicyclic amines) is 1. The summed E-state index contributed by atoms with van der Waals surface area (Å²) in [6.45, 7) is 6.00. The molecule has 2 atom stereocenters. The summed E-state index contributed by atoms with van der Waals surface area (Å²) in [5, 5.41) is 0. The van der Waals surface area contributed by atoms with Crippen LogP contribution in [0.5, 0.6) is 0 Å². The Morgan fingerprint density at radius 2 is 2.24 bits per heavy atom. The van der Waals surface area contributed by atoms with Gasteiger partial charge in [-0.2, -0.15) is 0 Å². The van der Waals surface area contributed by atoms with E-state index in [-0.39, 0.29) is 11.4 Å². The monoisotopic (exact) mass is 436 g/mol. The molecular formula is C21H29FN4OS2. The second-order valence-electron chi connectivity index (χ2n) is 8.10. The van der Waals surface area contributed by atoms with Crippen LogP contribution in [0.1, 0.15) is 30.3 Å². The van der Waals surface area contributed by atoms with Crippen LogP contribution in [0.4, 0.5) is 10.1 Å². The molecule has 2 aliphatic heterocycles. The lowest BCUT2D eigenvalue weighted by atomic mass is 9.83. The third-order valence-electron chi connectivity index (χ3n) is 5.99. The summed E-state index contributed by atoms with van der Waals surface area (Å²) >= 11 is 3.46. The Labute approximate surface area is 181 Å². The number of piperidine rings is 1. The van der Waals surface area contributed by atoms with Crippen LogP contribution in [-0.4, -0.2) is 59.6 Å². The van der Waals surface area contributed by atoms with Gasteiger partial charge in [-0.3, -0.25) is 9.21 Å². The van der Waals surface area contributed by atoms with E-state index in [9.17, 15) is 4.39 Å². The maximum absolute atomic E-state index is 13.9. The average molecular weight is 437 g/mol. The molecule has 0 bridgehead atoms. The molecule has 3 heterocycles. The van der Waals surface area contributed by atoms with Crippen LogP contribution in [0.2, 0.25) is 0 Å². The third kappa shape index (κ3) is 4.46. The number of thiazole rings is 1. The van der Waals surface area contributed by atoms with Crippen LogP contribution in [0.15, 0.2) is 29.8 Å². The third-order valence-corrected chi connectivity index (χ3v) is 8.02. The smallest absolute Gasteiger partial charge is 0.125 e. The number of nitrogens with zero attached hydrogens (tertiary/aromatic N) is 4. The molecule has 0 saturated carbocycles. The molecule has 0 N–H and O–H groups in total. The van der Waals surface area contributed by atoms with Crippen molar-refractivity contribution in [2.45, 2.75) is 44.3 Å². The SMILES string of the molecule is COCCc1ncsc1CN1CC[C@@]2(C[C@@H]1C)CN(C)SN2c1cccc(F)c1. The van der Waals surface area contributed by atoms with Crippen molar-refractivity contribution < 1.29 is 9.13 Å². The number of anilines is 1. The van der Waals surface area contributed by atoms with Gasteiger partial charge in [-0.05, 0) is 45.0 Å². The summed E-state index contributed by atoms with van der Waals surface area (Å²) in [6.07, 6.45) is 3.00. The number of methoxy groups -OCH3 is 1. The fraction of sp³-hybridized carbons (Fsp3) is 0.571. The van der Waals surface area contributed by atoms with Crippen LogP contribution in [0.25, 0.3) is 0 Å². The first-order valence-electron chi connectivity index (χ1n) is 10.1. The molecule has 0 amide bonds. The highest BCUT2D eigenvalue weighted by Crippen LogP contribution is 2.47. The quantitative estimate of drug-likeness (QED) is 0.631. The highest BCUT2D eigenvalue weighted by Gasteiger charge is 2.49. The van der Waals surface area contributed by atoms with Crippen molar-refractivity contribution in [3.63, 3.8) is 0 Å². The number of hydrogen-bond acceptors (Lipinski definition) is 7. The van der Waals surface area contributed by atoms with Crippen molar-refractivity contribution in [1.29, 1.82) is 0 Å². The first-order chi connectivity index (χ1) is 14.0. The van der Waals surface area contributed by atoms with Gasteiger partial charge in [-0.25, -0.2) is 13.7 Å². The Balaban J connectivity index is 1.48. The molecule has 158 valence electrons. The highest BCUT2D eigenvalue weighted by molar-refractivity contribution is 7.98. The molecule has 0 unspecified atom stereocenters. The first kappa shape index (κ1) is 21.1. The highest BCUT2D eigenvalue weighted by atomic mass is 32.2. The molecule has 0 radical (unpaired) electrons. The van der Waals surface area contributed by atoms with E-state index in [1.807, 2.05) is 11.6 Å². The maximum atomic E-state index is 13.9.